The minimum atomic E-state index is -0.0337. The number of hydrogen-bond acceptors (Lipinski definition) is 4. The maximum Gasteiger partial charge on any atom is 0.145 e. The molecule has 0 N–H and O–H groups in total. The average Bonchev–Trinajstić information content (AvgIpc) is 2.63. The molecule has 0 bridgehead atoms. The monoisotopic (exact) mass is 319 g/mol. The van der Waals surface area contributed by atoms with Gasteiger partial charge in [-0.25, -0.2) is 9.97 Å². The van der Waals surface area contributed by atoms with Crippen molar-refractivity contribution in [2.45, 2.75) is 18.9 Å². The quantitative estimate of drug-likeness (QED) is 0.778. The molecular formula is C10H14IN3O. The summed E-state index contributed by atoms with van der Waals surface area (Å²) < 4.78 is 6.60. The van der Waals surface area contributed by atoms with Crippen LogP contribution >= 0.6 is 22.6 Å². The molecule has 1 aromatic rings. The van der Waals surface area contributed by atoms with Gasteiger partial charge in [-0.1, -0.05) is 0 Å². The molecule has 2 rings (SSSR count). The zero-order chi connectivity index (χ0) is 10.9. The smallest absolute Gasteiger partial charge is 0.145 e. The Kier molecular flexibility index (Phi) is 3.11. The lowest BCUT2D eigenvalue weighted by atomic mass is 10.1. The molecule has 1 aliphatic heterocycles. The van der Waals surface area contributed by atoms with Gasteiger partial charge in [-0.15, -0.1) is 0 Å². The van der Waals surface area contributed by atoms with Crippen molar-refractivity contribution in [3.63, 3.8) is 0 Å². The minimum absolute atomic E-state index is 0.0337. The molecule has 0 amide bonds. The summed E-state index contributed by atoms with van der Waals surface area (Å²) in [5.41, 5.74) is -0.0337. The summed E-state index contributed by atoms with van der Waals surface area (Å²) in [7, 11) is 1.77. The van der Waals surface area contributed by atoms with Gasteiger partial charge >= 0.3 is 0 Å². The van der Waals surface area contributed by atoms with Crippen molar-refractivity contribution in [1.29, 1.82) is 0 Å². The van der Waals surface area contributed by atoms with Gasteiger partial charge in [0, 0.05) is 26.4 Å². The first-order valence-electron chi connectivity index (χ1n) is 4.90. The first-order valence-corrected chi connectivity index (χ1v) is 5.98. The molecular weight excluding hydrogens is 305 g/mol. The van der Waals surface area contributed by atoms with Gasteiger partial charge in [0.1, 0.15) is 12.1 Å². The van der Waals surface area contributed by atoms with E-state index < -0.39 is 0 Å². The van der Waals surface area contributed by atoms with Gasteiger partial charge in [-0.2, -0.15) is 0 Å². The van der Waals surface area contributed by atoms with Crippen molar-refractivity contribution in [2.75, 3.05) is 25.1 Å². The van der Waals surface area contributed by atoms with Crippen LogP contribution in [0.15, 0.2) is 12.5 Å². The lowest BCUT2D eigenvalue weighted by Crippen LogP contribution is -2.32. The Morgan fingerprint density at radius 2 is 2.40 bits per heavy atom. The van der Waals surface area contributed by atoms with Gasteiger partial charge in [-0.05, 0) is 35.9 Å². The lowest BCUT2D eigenvalue weighted by molar-refractivity contribution is 0.0256. The van der Waals surface area contributed by atoms with Crippen LogP contribution in [0.2, 0.25) is 0 Å². The van der Waals surface area contributed by atoms with Crippen LogP contribution in [-0.4, -0.2) is 35.8 Å². The summed E-state index contributed by atoms with van der Waals surface area (Å²) in [4.78, 5) is 10.6. The summed E-state index contributed by atoms with van der Waals surface area (Å²) in [6.07, 6.45) is 4.48. The second-order valence-electron chi connectivity index (χ2n) is 4.02. The molecule has 0 spiro atoms. The highest BCUT2D eigenvalue weighted by Gasteiger charge is 2.34. The first-order chi connectivity index (χ1) is 7.14. The van der Waals surface area contributed by atoms with E-state index in [-0.39, 0.29) is 5.60 Å². The van der Waals surface area contributed by atoms with E-state index >= 15 is 0 Å². The Labute approximate surface area is 103 Å². The molecule has 1 saturated heterocycles. The molecule has 15 heavy (non-hydrogen) atoms. The Morgan fingerprint density at radius 3 is 3.00 bits per heavy atom. The van der Waals surface area contributed by atoms with Crippen molar-refractivity contribution in [1.82, 2.24) is 9.97 Å². The minimum Gasteiger partial charge on any atom is -0.377 e. The number of aromatic nitrogens is 2. The van der Waals surface area contributed by atoms with E-state index in [9.17, 15) is 0 Å². The fraction of sp³-hybridized carbons (Fsp3) is 0.600. The summed E-state index contributed by atoms with van der Waals surface area (Å²) in [5.74, 6) is 1.02. The van der Waals surface area contributed by atoms with Gasteiger partial charge in [0.25, 0.3) is 0 Å². The second-order valence-corrected chi connectivity index (χ2v) is 5.18. The number of rotatable bonds is 2. The SMILES string of the molecule is COC1(C)CCN(c2ncncc2I)C1. The topological polar surface area (TPSA) is 38.2 Å². The number of anilines is 1. The van der Waals surface area contributed by atoms with E-state index in [0.29, 0.717) is 0 Å². The molecule has 1 aliphatic rings. The van der Waals surface area contributed by atoms with Crippen LogP contribution < -0.4 is 4.90 Å². The van der Waals surface area contributed by atoms with E-state index in [4.69, 9.17) is 4.74 Å². The van der Waals surface area contributed by atoms with Gasteiger partial charge in [-0.3, -0.25) is 0 Å². The highest BCUT2D eigenvalue weighted by atomic mass is 127. The summed E-state index contributed by atoms with van der Waals surface area (Å²) in [6.45, 7) is 4.04. The number of halogens is 1. The van der Waals surface area contributed by atoms with Crippen LogP contribution in [0.4, 0.5) is 5.82 Å². The van der Waals surface area contributed by atoms with Crippen molar-refractivity contribution >= 4 is 28.4 Å². The van der Waals surface area contributed by atoms with Gasteiger partial charge in [0.05, 0.1) is 9.17 Å². The third-order valence-corrected chi connectivity index (χ3v) is 3.64. The highest BCUT2D eigenvalue weighted by Crippen LogP contribution is 2.29. The largest absolute Gasteiger partial charge is 0.377 e. The molecule has 0 radical (unpaired) electrons. The van der Waals surface area contributed by atoms with Crippen LogP contribution in [0.1, 0.15) is 13.3 Å². The Hall–Kier alpha value is -0.430. The second kappa shape index (κ2) is 4.21. The fourth-order valence-corrected chi connectivity index (χ4v) is 2.46. The summed E-state index contributed by atoms with van der Waals surface area (Å²) in [5, 5.41) is 0. The van der Waals surface area contributed by atoms with Gasteiger partial charge < -0.3 is 9.64 Å². The van der Waals surface area contributed by atoms with Crippen LogP contribution in [0, 0.1) is 3.57 Å². The Morgan fingerprint density at radius 1 is 1.60 bits per heavy atom. The van der Waals surface area contributed by atoms with E-state index in [1.165, 1.54) is 0 Å². The molecule has 1 aromatic heterocycles. The summed E-state index contributed by atoms with van der Waals surface area (Å²) in [6, 6.07) is 0. The van der Waals surface area contributed by atoms with E-state index in [0.717, 1.165) is 28.9 Å². The van der Waals surface area contributed by atoms with Crippen LogP contribution in [0.3, 0.4) is 0 Å². The predicted molar refractivity (Wildman–Crippen MR) is 67.0 cm³/mol. The molecule has 0 saturated carbocycles. The number of methoxy groups -OCH3 is 1. The zero-order valence-electron chi connectivity index (χ0n) is 8.90. The molecule has 2 heterocycles. The molecule has 0 aromatic carbocycles. The summed E-state index contributed by atoms with van der Waals surface area (Å²) >= 11 is 2.27. The van der Waals surface area contributed by atoms with Crippen molar-refractivity contribution < 1.29 is 4.74 Å². The number of nitrogens with zero attached hydrogens (tertiary/aromatic N) is 3. The molecule has 1 fully saturated rings. The van der Waals surface area contributed by atoms with Gasteiger partial charge in [0.2, 0.25) is 0 Å². The van der Waals surface area contributed by atoms with E-state index in [1.54, 1.807) is 13.4 Å². The third-order valence-electron chi connectivity index (χ3n) is 2.88. The molecule has 4 nitrogen and oxygen atoms in total. The standard InChI is InChI=1S/C10H14IN3O/c1-10(15-2)3-4-14(6-10)9-8(11)5-12-7-13-9/h5,7H,3-4,6H2,1-2H3. The first kappa shape index (κ1) is 11.1. The Bertz CT molecular complexity index is 360. The highest BCUT2D eigenvalue weighted by molar-refractivity contribution is 14.1. The zero-order valence-corrected chi connectivity index (χ0v) is 11.1. The van der Waals surface area contributed by atoms with Gasteiger partial charge in [0.15, 0.2) is 0 Å². The fourth-order valence-electron chi connectivity index (χ4n) is 1.82. The molecule has 0 aliphatic carbocycles. The van der Waals surface area contributed by atoms with E-state index in [1.807, 2.05) is 6.20 Å². The number of hydrogen-bond donors (Lipinski definition) is 0. The van der Waals surface area contributed by atoms with Crippen LogP contribution in [0.25, 0.3) is 0 Å². The third kappa shape index (κ3) is 2.23. The average molecular weight is 319 g/mol. The Balaban J connectivity index is 2.18. The van der Waals surface area contributed by atoms with Crippen LogP contribution in [0.5, 0.6) is 0 Å². The molecule has 82 valence electrons. The number of ether oxygens (including phenoxy) is 1. The molecule has 1 unspecified atom stereocenters. The molecule has 1 atom stereocenters. The van der Waals surface area contributed by atoms with Crippen LogP contribution in [-0.2, 0) is 4.74 Å². The maximum absolute atomic E-state index is 5.50. The van der Waals surface area contributed by atoms with Crippen molar-refractivity contribution in [3.05, 3.63) is 16.1 Å². The normalized spacial score (nSPS) is 25.9. The van der Waals surface area contributed by atoms with Crippen molar-refractivity contribution in [2.24, 2.45) is 0 Å². The van der Waals surface area contributed by atoms with E-state index in [2.05, 4.69) is 44.4 Å². The maximum atomic E-state index is 5.50. The molecule has 5 heteroatoms. The lowest BCUT2D eigenvalue weighted by Gasteiger charge is -2.23. The predicted octanol–water partition coefficient (Wildman–Crippen LogP) is 1.70. The van der Waals surface area contributed by atoms with Crippen molar-refractivity contribution in [3.8, 4) is 0 Å².